The highest BCUT2D eigenvalue weighted by atomic mass is 16.5. The second-order valence-electron chi connectivity index (χ2n) is 5.34. The number of phenolic OH excluding ortho intramolecular Hbond substituents is 2. The molecule has 4 rings (SSSR count). The van der Waals surface area contributed by atoms with Crippen LogP contribution in [0.1, 0.15) is 10.4 Å². The summed E-state index contributed by atoms with van der Waals surface area (Å²) >= 11 is 0. The fourth-order valence-corrected chi connectivity index (χ4v) is 3.04. The molecule has 3 N–H and O–H groups in total. The molecule has 3 aromatic carbocycles. The van der Waals surface area contributed by atoms with Gasteiger partial charge >= 0.3 is 0 Å². The average Bonchev–Trinajstić information content (AvgIpc) is 2.53. The van der Waals surface area contributed by atoms with Crippen molar-refractivity contribution < 1.29 is 24.5 Å². The lowest BCUT2D eigenvalue weighted by atomic mass is 9.91. The molecule has 1 heterocycles. The van der Waals surface area contributed by atoms with Crippen LogP contribution in [-0.4, -0.2) is 29.0 Å². The average molecular weight is 309 g/mol. The van der Waals surface area contributed by atoms with Crippen molar-refractivity contribution in [3.63, 3.8) is 0 Å². The van der Waals surface area contributed by atoms with Crippen molar-refractivity contribution in [3.8, 4) is 17.2 Å². The molecule has 0 aliphatic carbocycles. The van der Waals surface area contributed by atoms with E-state index in [0.29, 0.717) is 27.2 Å². The summed E-state index contributed by atoms with van der Waals surface area (Å²) < 4.78 is 5.13. The Kier molecular flexibility index (Phi) is 2.54. The number of amides is 1. The predicted molar refractivity (Wildman–Crippen MR) is 84.3 cm³/mol. The molecule has 0 radical (unpaired) electrons. The van der Waals surface area contributed by atoms with Gasteiger partial charge in [-0.25, -0.2) is 0 Å². The van der Waals surface area contributed by atoms with Crippen LogP contribution in [0.15, 0.2) is 30.3 Å². The number of nitrogens with one attached hydrogen (secondary N) is 1. The minimum atomic E-state index is -0.732. The number of benzene rings is 3. The molecule has 6 heteroatoms. The Morgan fingerprint density at radius 3 is 2.57 bits per heavy atom. The topological polar surface area (TPSA) is 95.9 Å². The van der Waals surface area contributed by atoms with Crippen LogP contribution in [0.4, 0.5) is 5.69 Å². The van der Waals surface area contributed by atoms with E-state index in [2.05, 4.69) is 5.32 Å². The predicted octanol–water partition coefficient (Wildman–Crippen LogP) is 2.55. The molecule has 6 nitrogen and oxygen atoms in total. The number of Topliss-reactive ketones (excluding diaryl/α,β-unsaturated/α-hetero) is 1. The molecule has 0 unspecified atom stereocenters. The Morgan fingerprint density at radius 1 is 1.04 bits per heavy atom. The van der Waals surface area contributed by atoms with Gasteiger partial charge in [0.15, 0.2) is 11.5 Å². The van der Waals surface area contributed by atoms with Gasteiger partial charge in [-0.05, 0) is 35.0 Å². The van der Waals surface area contributed by atoms with Crippen molar-refractivity contribution in [1.29, 1.82) is 0 Å². The lowest BCUT2D eigenvalue weighted by Crippen LogP contribution is -2.27. The number of ether oxygens (including phenoxy) is 1. The number of rotatable bonds is 1. The summed E-state index contributed by atoms with van der Waals surface area (Å²) in [6.07, 6.45) is 0. The van der Waals surface area contributed by atoms with Crippen molar-refractivity contribution in [1.82, 2.24) is 0 Å². The molecule has 23 heavy (non-hydrogen) atoms. The number of hydrogen-bond acceptors (Lipinski definition) is 5. The van der Waals surface area contributed by atoms with Gasteiger partial charge in [-0.15, -0.1) is 0 Å². The monoisotopic (exact) mass is 309 g/mol. The maximum atomic E-state index is 12.2. The van der Waals surface area contributed by atoms with Gasteiger partial charge < -0.3 is 20.3 Å². The van der Waals surface area contributed by atoms with Gasteiger partial charge in [0.25, 0.3) is 11.7 Å². The molecule has 3 aromatic rings. The normalized spacial score (nSPS) is 13.4. The highest BCUT2D eigenvalue weighted by Crippen LogP contribution is 2.46. The summed E-state index contributed by atoms with van der Waals surface area (Å²) in [6.45, 7) is 0. The van der Waals surface area contributed by atoms with E-state index in [1.807, 2.05) is 0 Å². The summed E-state index contributed by atoms with van der Waals surface area (Å²) in [6, 6.07) is 7.74. The summed E-state index contributed by atoms with van der Waals surface area (Å²) in [5.74, 6) is -1.45. The zero-order valence-electron chi connectivity index (χ0n) is 12.0. The second kappa shape index (κ2) is 4.36. The number of aromatic hydroxyl groups is 2. The third-order valence-corrected chi connectivity index (χ3v) is 4.06. The van der Waals surface area contributed by atoms with E-state index in [1.165, 1.54) is 25.3 Å². The third kappa shape index (κ3) is 1.69. The first-order valence-electron chi connectivity index (χ1n) is 6.86. The molecule has 114 valence electrons. The fraction of sp³-hybridized carbons (Fsp3) is 0.0588. The lowest BCUT2D eigenvalue weighted by Gasteiger charge is -2.20. The van der Waals surface area contributed by atoms with E-state index in [4.69, 9.17) is 4.74 Å². The van der Waals surface area contributed by atoms with Gasteiger partial charge in [-0.3, -0.25) is 9.59 Å². The standard InChI is InChI=1S/C17H11NO5/c1-23-12-6-10-13-11(18-17(22)15(10)20)4-7-2-3-8(19)5-9(7)14(13)16(12)21/h2-6,19,21H,1H3,(H,18,22). The summed E-state index contributed by atoms with van der Waals surface area (Å²) in [5.41, 5.74) is 0.606. The summed E-state index contributed by atoms with van der Waals surface area (Å²) in [5, 5.41) is 24.9. The fourth-order valence-electron chi connectivity index (χ4n) is 3.04. The molecular formula is C17H11NO5. The van der Waals surface area contributed by atoms with Crippen LogP contribution in [0.2, 0.25) is 0 Å². The van der Waals surface area contributed by atoms with Crippen LogP contribution >= 0.6 is 0 Å². The largest absolute Gasteiger partial charge is 0.508 e. The zero-order valence-corrected chi connectivity index (χ0v) is 12.0. The number of fused-ring (bicyclic) bond motifs is 2. The minimum absolute atomic E-state index is 0.0303. The Morgan fingerprint density at radius 2 is 1.83 bits per heavy atom. The quantitative estimate of drug-likeness (QED) is 0.474. The van der Waals surface area contributed by atoms with Crippen LogP contribution in [0.3, 0.4) is 0 Å². The molecule has 1 amide bonds. The van der Waals surface area contributed by atoms with Crippen LogP contribution in [0.25, 0.3) is 21.5 Å². The first kappa shape index (κ1) is 13.4. The molecule has 0 fully saturated rings. The second-order valence-corrected chi connectivity index (χ2v) is 5.34. The van der Waals surface area contributed by atoms with Crippen LogP contribution in [0, 0.1) is 0 Å². The van der Waals surface area contributed by atoms with Crippen molar-refractivity contribution in [2.45, 2.75) is 0 Å². The van der Waals surface area contributed by atoms with Gasteiger partial charge in [0.1, 0.15) is 5.75 Å². The van der Waals surface area contributed by atoms with Crippen molar-refractivity contribution in [2.75, 3.05) is 12.4 Å². The molecule has 0 aromatic heterocycles. The van der Waals surface area contributed by atoms with E-state index in [0.717, 1.165) is 0 Å². The lowest BCUT2D eigenvalue weighted by molar-refractivity contribution is -0.112. The number of carbonyl (C=O) groups excluding carboxylic acids is 2. The Bertz CT molecular complexity index is 1040. The molecule has 0 spiro atoms. The summed E-state index contributed by atoms with van der Waals surface area (Å²) in [7, 11) is 1.37. The molecular weight excluding hydrogens is 298 g/mol. The number of ketones is 1. The highest BCUT2D eigenvalue weighted by Gasteiger charge is 2.30. The van der Waals surface area contributed by atoms with E-state index < -0.39 is 11.7 Å². The van der Waals surface area contributed by atoms with Gasteiger partial charge in [0.2, 0.25) is 0 Å². The first-order valence-corrected chi connectivity index (χ1v) is 6.86. The number of carbonyl (C=O) groups is 2. The number of hydrogen-bond donors (Lipinski definition) is 3. The van der Waals surface area contributed by atoms with E-state index >= 15 is 0 Å². The van der Waals surface area contributed by atoms with E-state index in [9.17, 15) is 19.8 Å². The third-order valence-electron chi connectivity index (χ3n) is 4.06. The van der Waals surface area contributed by atoms with E-state index in [-0.39, 0.29) is 22.8 Å². The molecule has 0 bridgehead atoms. The Labute approximate surface area is 129 Å². The molecule has 1 aliphatic heterocycles. The van der Waals surface area contributed by atoms with Gasteiger partial charge in [0.05, 0.1) is 12.8 Å². The van der Waals surface area contributed by atoms with Crippen molar-refractivity contribution >= 4 is 38.9 Å². The maximum absolute atomic E-state index is 12.2. The van der Waals surface area contributed by atoms with Crippen molar-refractivity contribution in [3.05, 3.63) is 35.9 Å². The van der Waals surface area contributed by atoms with Crippen LogP contribution < -0.4 is 10.1 Å². The van der Waals surface area contributed by atoms with Crippen LogP contribution in [0.5, 0.6) is 17.2 Å². The smallest absolute Gasteiger partial charge is 0.296 e. The zero-order chi connectivity index (χ0) is 16.3. The number of anilines is 1. The number of phenols is 2. The van der Waals surface area contributed by atoms with Gasteiger partial charge in [-0.2, -0.15) is 0 Å². The number of methoxy groups -OCH3 is 1. The van der Waals surface area contributed by atoms with Crippen LogP contribution in [-0.2, 0) is 4.79 Å². The minimum Gasteiger partial charge on any atom is -0.508 e. The Balaban J connectivity index is 2.32. The summed E-state index contributed by atoms with van der Waals surface area (Å²) in [4.78, 5) is 24.1. The molecule has 0 atom stereocenters. The molecule has 0 saturated carbocycles. The maximum Gasteiger partial charge on any atom is 0.296 e. The molecule has 0 saturated heterocycles. The van der Waals surface area contributed by atoms with E-state index in [1.54, 1.807) is 12.1 Å². The van der Waals surface area contributed by atoms with Gasteiger partial charge in [0, 0.05) is 16.3 Å². The molecule has 1 aliphatic rings. The first-order chi connectivity index (χ1) is 11.0. The van der Waals surface area contributed by atoms with Gasteiger partial charge in [-0.1, -0.05) is 6.07 Å². The SMILES string of the molecule is COc1cc2c3c(cc4ccc(O)cc4c3c1O)NC(=O)C2=O. The highest BCUT2D eigenvalue weighted by molar-refractivity contribution is 6.52. The Hall–Kier alpha value is -3.28. The van der Waals surface area contributed by atoms with Crippen molar-refractivity contribution in [2.24, 2.45) is 0 Å².